The predicted octanol–water partition coefficient (Wildman–Crippen LogP) is 1.73. The van der Waals surface area contributed by atoms with Crippen LogP contribution in [0.15, 0.2) is 71.2 Å². The van der Waals surface area contributed by atoms with Crippen LogP contribution >= 0.6 is 0 Å². The minimum absolute atomic E-state index is 0.00244. The molecule has 164 valence electrons. The average molecular weight is 433 g/mol. The van der Waals surface area contributed by atoms with Crippen molar-refractivity contribution in [2.24, 2.45) is 16.5 Å². The summed E-state index contributed by atoms with van der Waals surface area (Å²) < 4.78 is 16.5. The van der Waals surface area contributed by atoms with Crippen LogP contribution in [0.1, 0.15) is 22.9 Å². The van der Waals surface area contributed by atoms with Crippen LogP contribution in [-0.4, -0.2) is 45.5 Å². The van der Waals surface area contributed by atoms with Gasteiger partial charge < -0.3 is 16.0 Å². The lowest BCUT2D eigenvalue weighted by molar-refractivity contribution is 0.167. The standard InChI is InChI=1S/C23H25FN8/c1-14-28-13-32(30-14)20-9-8-16(10-19(20)24)23(26)29-21-17(15-6-4-3-5-7-15)11-27-12-18(21)22(25)31(23)2/h3-10,13,17,27H,11-12,25-26H2,1-2H3. The molecule has 0 amide bonds. The van der Waals surface area contributed by atoms with E-state index in [0.29, 0.717) is 23.8 Å². The molecule has 3 heterocycles. The summed E-state index contributed by atoms with van der Waals surface area (Å²) in [6.45, 7) is 3.07. The van der Waals surface area contributed by atoms with Gasteiger partial charge in [0, 0.05) is 37.2 Å². The van der Waals surface area contributed by atoms with Crippen LogP contribution in [0.4, 0.5) is 4.39 Å². The number of piperidine rings is 1. The second kappa shape index (κ2) is 7.54. The number of nitrogens with zero attached hydrogens (tertiary/aromatic N) is 5. The molecule has 1 aromatic heterocycles. The second-order valence-corrected chi connectivity index (χ2v) is 8.14. The zero-order valence-corrected chi connectivity index (χ0v) is 18.0. The molecular formula is C23H25FN8. The highest BCUT2D eigenvalue weighted by atomic mass is 19.1. The first kappa shape index (κ1) is 20.3. The number of benzene rings is 2. The number of fused-ring (bicyclic) bond motifs is 1. The minimum atomic E-state index is -1.34. The first-order valence-electron chi connectivity index (χ1n) is 10.4. The van der Waals surface area contributed by atoms with Gasteiger partial charge in [-0.1, -0.05) is 36.4 Å². The first-order chi connectivity index (χ1) is 15.4. The molecule has 0 spiro atoms. The minimum Gasteiger partial charge on any atom is -0.385 e. The smallest absolute Gasteiger partial charge is 0.212 e. The first-order valence-corrected chi connectivity index (χ1v) is 10.4. The lowest BCUT2D eigenvalue weighted by Gasteiger charge is -2.44. The molecule has 1 saturated heterocycles. The number of aliphatic imine (C=N–C) groups is 1. The number of rotatable bonds is 3. The fourth-order valence-electron chi connectivity index (χ4n) is 4.35. The molecule has 2 unspecified atom stereocenters. The lowest BCUT2D eigenvalue weighted by atomic mass is 9.84. The van der Waals surface area contributed by atoms with Crippen LogP contribution < -0.4 is 16.8 Å². The fourth-order valence-corrected chi connectivity index (χ4v) is 4.35. The van der Waals surface area contributed by atoms with Crippen molar-refractivity contribution in [1.82, 2.24) is 25.0 Å². The summed E-state index contributed by atoms with van der Waals surface area (Å²) in [6.07, 6.45) is 1.48. The number of aromatic nitrogens is 3. The molecule has 3 aromatic rings. The van der Waals surface area contributed by atoms with E-state index < -0.39 is 11.6 Å². The molecule has 1 fully saturated rings. The normalized spacial score (nSPS) is 23.2. The zero-order chi connectivity index (χ0) is 22.5. The summed E-state index contributed by atoms with van der Waals surface area (Å²) >= 11 is 0. The largest absolute Gasteiger partial charge is 0.385 e. The van der Waals surface area contributed by atoms with E-state index in [1.54, 1.807) is 31.0 Å². The van der Waals surface area contributed by atoms with Gasteiger partial charge in [0.2, 0.25) is 5.79 Å². The van der Waals surface area contributed by atoms with Gasteiger partial charge in [-0.05, 0) is 24.6 Å². The number of hydrogen-bond acceptors (Lipinski definition) is 7. The molecule has 8 nitrogen and oxygen atoms in total. The summed E-state index contributed by atoms with van der Waals surface area (Å²) in [5.41, 5.74) is 17.0. The highest BCUT2D eigenvalue weighted by Crippen LogP contribution is 2.37. The monoisotopic (exact) mass is 432 g/mol. The Morgan fingerprint density at radius 3 is 2.66 bits per heavy atom. The number of nitrogens with two attached hydrogens (primary N) is 2. The third-order valence-electron chi connectivity index (χ3n) is 6.19. The van der Waals surface area contributed by atoms with Gasteiger partial charge in [0.25, 0.3) is 0 Å². The molecule has 0 bridgehead atoms. The number of nitrogens with one attached hydrogen (secondary N) is 1. The van der Waals surface area contributed by atoms with Crippen molar-refractivity contribution in [3.05, 3.63) is 89.0 Å². The van der Waals surface area contributed by atoms with Gasteiger partial charge >= 0.3 is 0 Å². The molecule has 2 atom stereocenters. The SMILES string of the molecule is Cc1ncn(-c2ccc(C3(N)N=C4C(=C(N)N3C)CNCC4c3ccccc3)cc2F)n1. The van der Waals surface area contributed by atoms with E-state index in [9.17, 15) is 0 Å². The van der Waals surface area contributed by atoms with Crippen LogP contribution in [-0.2, 0) is 5.79 Å². The van der Waals surface area contributed by atoms with Gasteiger partial charge in [0.1, 0.15) is 29.5 Å². The second-order valence-electron chi connectivity index (χ2n) is 8.14. The molecule has 32 heavy (non-hydrogen) atoms. The van der Waals surface area contributed by atoms with Crippen molar-refractivity contribution < 1.29 is 4.39 Å². The molecule has 0 saturated carbocycles. The Morgan fingerprint density at radius 2 is 1.97 bits per heavy atom. The zero-order valence-electron chi connectivity index (χ0n) is 18.0. The maximum absolute atomic E-state index is 15.1. The van der Waals surface area contributed by atoms with E-state index in [0.717, 1.165) is 23.4 Å². The van der Waals surface area contributed by atoms with Gasteiger partial charge in [-0.3, -0.25) is 5.73 Å². The van der Waals surface area contributed by atoms with Crippen LogP contribution in [0.25, 0.3) is 5.69 Å². The Morgan fingerprint density at radius 1 is 1.19 bits per heavy atom. The molecule has 5 rings (SSSR count). The van der Waals surface area contributed by atoms with E-state index in [1.807, 2.05) is 18.2 Å². The van der Waals surface area contributed by atoms with Crippen LogP contribution in [0, 0.1) is 12.7 Å². The Labute approximate surface area is 185 Å². The van der Waals surface area contributed by atoms with Crippen molar-refractivity contribution in [1.29, 1.82) is 0 Å². The summed E-state index contributed by atoms with van der Waals surface area (Å²) in [4.78, 5) is 10.8. The van der Waals surface area contributed by atoms with Crippen molar-refractivity contribution in [2.45, 2.75) is 18.6 Å². The van der Waals surface area contributed by atoms with Crippen LogP contribution in [0.2, 0.25) is 0 Å². The van der Waals surface area contributed by atoms with Crippen molar-refractivity contribution in [3.8, 4) is 5.69 Å². The third kappa shape index (κ3) is 3.17. The summed E-state index contributed by atoms with van der Waals surface area (Å²) in [5, 5.41) is 7.61. The molecule has 2 aromatic carbocycles. The van der Waals surface area contributed by atoms with Crippen LogP contribution in [0.5, 0.6) is 0 Å². The Kier molecular flexibility index (Phi) is 4.79. The molecule has 0 radical (unpaired) electrons. The van der Waals surface area contributed by atoms with Gasteiger partial charge in [0.05, 0.1) is 5.71 Å². The molecule has 2 aliphatic heterocycles. The van der Waals surface area contributed by atoms with Crippen LogP contribution in [0.3, 0.4) is 0 Å². The van der Waals surface area contributed by atoms with E-state index in [4.69, 9.17) is 16.5 Å². The van der Waals surface area contributed by atoms with E-state index >= 15 is 4.39 Å². The molecule has 0 aliphatic carbocycles. The highest BCUT2D eigenvalue weighted by Gasteiger charge is 2.42. The quantitative estimate of drug-likeness (QED) is 0.581. The Bertz CT molecular complexity index is 1230. The number of hydrogen-bond donors (Lipinski definition) is 3. The van der Waals surface area contributed by atoms with Crippen molar-refractivity contribution in [2.75, 3.05) is 20.1 Å². The van der Waals surface area contributed by atoms with E-state index in [-0.39, 0.29) is 11.6 Å². The number of halogens is 1. The lowest BCUT2D eigenvalue weighted by Crippen LogP contribution is -2.57. The topological polar surface area (TPSA) is 110 Å². The molecule has 5 N–H and O–H groups in total. The molecule has 2 aliphatic rings. The number of aryl methyl sites for hydroxylation is 1. The van der Waals surface area contributed by atoms with E-state index in [2.05, 4.69) is 27.5 Å². The van der Waals surface area contributed by atoms with Gasteiger partial charge in [-0.15, -0.1) is 0 Å². The van der Waals surface area contributed by atoms with Crippen molar-refractivity contribution >= 4 is 5.71 Å². The molecular weight excluding hydrogens is 407 g/mol. The van der Waals surface area contributed by atoms with E-state index in [1.165, 1.54) is 17.1 Å². The molecule has 9 heteroatoms. The summed E-state index contributed by atoms with van der Waals surface area (Å²) in [5.74, 6) is -0.723. The Balaban J connectivity index is 1.60. The Hall–Kier alpha value is -3.56. The van der Waals surface area contributed by atoms with Crippen molar-refractivity contribution in [3.63, 3.8) is 0 Å². The maximum Gasteiger partial charge on any atom is 0.212 e. The third-order valence-corrected chi connectivity index (χ3v) is 6.19. The average Bonchev–Trinajstić information content (AvgIpc) is 3.23. The predicted molar refractivity (Wildman–Crippen MR) is 120 cm³/mol. The maximum atomic E-state index is 15.1. The summed E-state index contributed by atoms with van der Waals surface area (Å²) in [6, 6.07) is 14.9. The fraction of sp³-hybridized carbons (Fsp3) is 0.261. The van der Waals surface area contributed by atoms with Gasteiger partial charge in [-0.2, -0.15) is 5.10 Å². The highest BCUT2D eigenvalue weighted by molar-refractivity contribution is 6.07. The summed E-state index contributed by atoms with van der Waals surface area (Å²) in [7, 11) is 1.78. The van der Waals surface area contributed by atoms with Gasteiger partial charge in [-0.25, -0.2) is 19.0 Å². The van der Waals surface area contributed by atoms with Gasteiger partial charge in [0.15, 0.2) is 0 Å².